The van der Waals surface area contributed by atoms with E-state index in [2.05, 4.69) is 0 Å². The smallest absolute Gasteiger partial charge is 0.316 e. The highest BCUT2D eigenvalue weighted by molar-refractivity contribution is 6.42. The molecule has 4 rings (SSSR count). The van der Waals surface area contributed by atoms with Gasteiger partial charge in [-0.15, -0.1) is 0 Å². The second kappa shape index (κ2) is 10.4. The first-order valence-electron chi connectivity index (χ1n) is 10.0. The summed E-state index contributed by atoms with van der Waals surface area (Å²) in [6.45, 7) is 8.90. The van der Waals surface area contributed by atoms with Crippen molar-refractivity contribution in [2.75, 3.05) is 13.2 Å². The normalized spacial score (nSPS) is 17.8. The van der Waals surface area contributed by atoms with Crippen LogP contribution in [0.2, 0.25) is 10.0 Å². The van der Waals surface area contributed by atoms with Crippen molar-refractivity contribution in [1.82, 2.24) is 0 Å². The van der Waals surface area contributed by atoms with Gasteiger partial charge in [-0.1, -0.05) is 69.1 Å². The van der Waals surface area contributed by atoms with Crippen LogP contribution < -0.4 is 0 Å². The van der Waals surface area contributed by atoms with Gasteiger partial charge in [-0.2, -0.15) is 0 Å². The Labute approximate surface area is 182 Å². The van der Waals surface area contributed by atoms with E-state index in [9.17, 15) is 9.18 Å². The highest BCUT2D eigenvalue weighted by Gasteiger charge is 2.53. The average molecular weight is 441 g/mol. The van der Waals surface area contributed by atoms with E-state index < -0.39 is 11.2 Å². The minimum absolute atomic E-state index is 0.0218. The van der Waals surface area contributed by atoms with Gasteiger partial charge in [0.25, 0.3) is 0 Å². The van der Waals surface area contributed by atoms with E-state index in [1.165, 1.54) is 6.07 Å². The molecule has 6 heteroatoms. The quantitative estimate of drug-likeness (QED) is 0.377. The summed E-state index contributed by atoms with van der Waals surface area (Å²) < 4.78 is 25.0. The first-order chi connectivity index (χ1) is 14.0. The third-order valence-corrected chi connectivity index (χ3v) is 5.43. The number of esters is 1. The van der Waals surface area contributed by atoms with Gasteiger partial charge in [-0.25, -0.2) is 4.39 Å². The van der Waals surface area contributed by atoms with Crippen LogP contribution in [0.1, 0.15) is 46.1 Å². The molecule has 29 heavy (non-hydrogen) atoms. The summed E-state index contributed by atoms with van der Waals surface area (Å²) in [7, 11) is 0. The molecule has 1 aliphatic carbocycles. The molecule has 1 unspecified atom stereocenters. The third-order valence-electron chi connectivity index (χ3n) is 4.70. The molecule has 1 saturated carbocycles. The lowest BCUT2D eigenvalue weighted by Crippen LogP contribution is -2.25. The molecular weight excluding hydrogens is 414 g/mol. The molecule has 2 aromatic rings. The SMILES string of the molecule is CC.CC.O=C(OCC1CO1)C1(c2ccc(-c3ccc(Cl)c(Cl)c3)c(F)c2)CC1. The van der Waals surface area contributed by atoms with Gasteiger partial charge in [-0.05, 0) is 42.2 Å². The van der Waals surface area contributed by atoms with Crippen LogP contribution in [0.3, 0.4) is 0 Å². The predicted octanol–water partition coefficient (Wildman–Crippen LogP) is 6.83. The Bertz CT molecular complexity index is 846. The molecule has 2 aliphatic rings. The van der Waals surface area contributed by atoms with Crippen molar-refractivity contribution in [3.05, 3.63) is 57.8 Å². The number of ether oxygens (including phenoxy) is 2. The molecule has 2 aromatic carbocycles. The Morgan fingerprint density at radius 1 is 1.10 bits per heavy atom. The molecule has 1 saturated heterocycles. The average Bonchev–Trinajstić information content (AvgIpc) is 3.66. The van der Waals surface area contributed by atoms with Crippen LogP contribution in [0.5, 0.6) is 0 Å². The molecule has 1 atom stereocenters. The lowest BCUT2D eigenvalue weighted by molar-refractivity contribution is -0.147. The monoisotopic (exact) mass is 440 g/mol. The van der Waals surface area contributed by atoms with Gasteiger partial charge in [0, 0.05) is 5.56 Å². The molecule has 0 spiro atoms. The Balaban J connectivity index is 0.000000707. The largest absolute Gasteiger partial charge is 0.462 e. The minimum Gasteiger partial charge on any atom is -0.462 e. The Kier molecular flexibility index (Phi) is 8.50. The van der Waals surface area contributed by atoms with E-state index in [0.29, 0.717) is 46.2 Å². The zero-order chi connectivity index (χ0) is 21.6. The number of carbonyl (C=O) groups is 1. The summed E-state index contributed by atoms with van der Waals surface area (Å²) in [5.74, 6) is -0.704. The molecule has 0 N–H and O–H groups in total. The number of carbonyl (C=O) groups excluding carboxylic acids is 1. The van der Waals surface area contributed by atoms with Gasteiger partial charge < -0.3 is 9.47 Å². The molecule has 0 radical (unpaired) electrons. The molecule has 0 aromatic heterocycles. The van der Waals surface area contributed by atoms with Crippen LogP contribution in [0, 0.1) is 5.82 Å². The maximum atomic E-state index is 14.7. The van der Waals surface area contributed by atoms with E-state index in [1.807, 2.05) is 27.7 Å². The Hall–Kier alpha value is -1.62. The molecule has 1 heterocycles. The summed E-state index contributed by atoms with van der Waals surface area (Å²) in [5, 5.41) is 0.786. The van der Waals surface area contributed by atoms with E-state index in [1.54, 1.807) is 30.3 Å². The van der Waals surface area contributed by atoms with Gasteiger partial charge in [0.05, 0.1) is 22.1 Å². The lowest BCUT2D eigenvalue weighted by Gasteiger charge is -2.16. The number of epoxide rings is 1. The molecule has 2 fully saturated rings. The summed E-state index contributed by atoms with van der Waals surface area (Å²) in [6, 6.07) is 9.83. The van der Waals surface area contributed by atoms with Crippen molar-refractivity contribution >= 4 is 29.2 Å². The first-order valence-corrected chi connectivity index (χ1v) is 10.8. The van der Waals surface area contributed by atoms with Crippen molar-refractivity contribution in [2.45, 2.75) is 52.1 Å². The zero-order valence-corrected chi connectivity index (χ0v) is 18.7. The van der Waals surface area contributed by atoms with E-state index in [0.717, 1.165) is 0 Å². The van der Waals surface area contributed by atoms with Crippen LogP contribution in [0.4, 0.5) is 4.39 Å². The maximum Gasteiger partial charge on any atom is 0.316 e. The van der Waals surface area contributed by atoms with Crippen LogP contribution in [-0.2, 0) is 19.7 Å². The number of hydrogen-bond donors (Lipinski definition) is 0. The summed E-state index contributed by atoms with van der Waals surface area (Å²) in [6.07, 6.45) is 1.36. The lowest BCUT2D eigenvalue weighted by atomic mass is 9.93. The van der Waals surface area contributed by atoms with Gasteiger partial charge in [0.15, 0.2) is 0 Å². The van der Waals surface area contributed by atoms with Gasteiger partial charge in [0.1, 0.15) is 18.5 Å². The van der Waals surface area contributed by atoms with Gasteiger partial charge in [-0.3, -0.25) is 4.79 Å². The molecule has 0 bridgehead atoms. The Morgan fingerprint density at radius 2 is 1.76 bits per heavy atom. The van der Waals surface area contributed by atoms with Gasteiger partial charge in [0.2, 0.25) is 0 Å². The van der Waals surface area contributed by atoms with Crippen molar-refractivity contribution in [3.8, 4) is 11.1 Å². The summed E-state index contributed by atoms with van der Waals surface area (Å²) in [4.78, 5) is 12.4. The summed E-state index contributed by atoms with van der Waals surface area (Å²) in [5.41, 5.74) is 0.983. The molecule has 1 aliphatic heterocycles. The first kappa shape index (κ1) is 23.7. The fourth-order valence-electron chi connectivity index (χ4n) is 2.92. The molecular formula is C23H27Cl2FO3. The number of benzene rings is 2. The highest BCUT2D eigenvalue weighted by Crippen LogP contribution is 2.50. The fourth-order valence-corrected chi connectivity index (χ4v) is 3.22. The highest BCUT2D eigenvalue weighted by atomic mass is 35.5. The van der Waals surface area contributed by atoms with Crippen molar-refractivity contribution in [1.29, 1.82) is 0 Å². The van der Waals surface area contributed by atoms with Crippen LogP contribution in [-0.4, -0.2) is 25.3 Å². The molecule has 0 amide bonds. The van der Waals surface area contributed by atoms with Crippen LogP contribution in [0.15, 0.2) is 36.4 Å². The zero-order valence-electron chi connectivity index (χ0n) is 17.2. The van der Waals surface area contributed by atoms with E-state index >= 15 is 0 Å². The van der Waals surface area contributed by atoms with Crippen molar-refractivity contribution in [3.63, 3.8) is 0 Å². The van der Waals surface area contributed by atoms with Crippen LogP contribution >= 0.6 is 23.2 Å². The topological polar surface area (TPSA) is 38.8 Å². The molecule has 3 nitrogen and oxygen atoms in total. The van der Waals surface area contributed by atoms with E-state index in [4.69, 9.17) is 32.7 Å². The second-order valence-corrected chi connectivity index (χ2v) is 7.27. The minimum atomic E-state index is -0.716. The maximum absolute atomic E-state index is 14.7. The second-order valence-electron chi connectivity index (χ2n) is 6.46. The predicted molar refractivity (Wildman–Crippen MR) is 116 cm³/mol. The molecule has 158 valence electrons. The number of rotatable bonds is 5. The van der Waals surface area contributed by atoms with Crippen molar-refractivity contribution < 1.29 is 18.7 Å². The van der Waals surface area contributed by atoms with Gasteiger partial charge >= 0.3 is 5.97 Å². The standard InChI is InChI=1S/C19H15Cl2FO3.2C2H6/c20-15-4-1-11(7-16(15)21)14-3-2-12(8-17(14)22)19(5-6-19)18(23)25-10-13-9-24-13;2*1-2/h1-4,7-8,13H,5-6,9-10H2;2*1-2H3. The third kappa shape index (κ3) is 5.50. The van der Waals surface area contributed by atoms with E-state index in [-0.39, 0.29) is 18.7 Å². The summed E-state index contributed by atoms with van der Waals surface area (Å²) >= 11 is 11.9. The number of hydrogen-bond acceptors (Lipinski definition) is 3. The van der Waals surface area contributed by atoms with Crippen LogP contribution in [0.25, 0.3) is 11.1 Å². The van der Waals surface area contributed by atoms with Crippen molar-refractivity contribution in [2.24, 2.45) is 0 Å². The Morgan fingerprint density at radius 3 is 2.28 bits per heavy atom. The number of halogens is 3. The fraction of sp³-hybridized carbons (Fsp3) is 0.435.